The van der Waals surface area contributed by atoms with Crippen LogP contribution in [0.15, 0.2) is 28.4 Å². The maximum atomic E-state index is 13.0. The summed E-state index contributed by atoms with van der Waals surface area (Å²) in [5, 5.41) is 11.0. The third kappa shape index (κ3) is 4.98. The molecular weight excluding hydrogens is 406 g/mol. The Bertz CT molecular complexity index is 701. The molecule has 1 rings (SSSR count). The minimum atomic E-state index is -0.862. The molecule has 0 aliphatic carbocycles. The number of halogens is 1. The van der Waals surface area contributed by atoms with E-state index >= 15 is 0 Å². The van der Waals surface area contributed by atoms with Gasteiger partial charge in [-0.2, -0.15) is 0 Å². The molecule has 0 radical (unpaired) electrons. The van der Waals surface area contributed by atoms with E-state index in [1.54, 1.807) is 6.92 Å². The summed E-state index contributed by atoms with van der Waals surface area (Å²) in [5.74, 6) is -0.716. The van der Waals surface area contributed by atoms with Gasteiger partial charge in [0.15, 0.2) is 0 Å². The van der Waals surface area contributed by atoms with Gasteiger partial charge < -0.3 is 14.2 Å². The fraction of sp³-hybridized carbons (Fsp3) is 0.444. The van der Waals surface area contributed by atoms with Crippen LogP contribution in [0.1, 0.15) is 31.1 Å². The molecule has 0 fully saturated rings. The normalized spacial score (nSPS) is 12.6. The number of carbonyl (C=O) groups is 2. The lowest BCUT2D eigenvalue weighted by atomic mass is 10.0. The number of methoxy groups -OCH3 is 3. The van der Waals surface area contributed by atoms with E-state index in [2.05, 4.69) is 15.9 Å². The Labute approximate surface area is 161 Å². The summed E-state index contributed by atoms with van der Waals surface area (Å²) < 4.78 is 15.6. The Morgan fingerprint density at radius 1 is 1.12 bits per heavy atom. The summed E-state index contributed by atoms with van der Waals surface area (Å²) in [6, 6.07) is 2.70. The number of esters is 1. The number of hydrogen-bond donors (Lipinski definition) is 1. The first-order chi connectivity index (χ1) is 12.2. The summed E-state index contributed by atoms with van der Waals surface area (Å²) in [7, 11) is 4.05. The average molecular weight is 430 g/mol. The largest absolute Gasteiger partial charge is 0.496 e. The first-order valence-electron chi connectivity index (χ1n) is 7.91. The van der Waals surface area contributed by atoms with Gasteiger partial charge in [-0.15, -0.1) is 0 Å². The van der Waals surface area contributed by atoms with Gasteiger partial charge in [0.1, 0.15) is 17.1 Å². The van der Waals surface area contributed by atoms with Crippen LogP contribution < -0.4 is 9.47 Å². The van der Waals surface area contributed by atoms with E-state index in [1.165, 1.54) is 26.4 Å². The number of hydrogen-bond acceptors (Lipinski definition) is 7. The molecule has 0 aliphatic heterocycles. The molecule has 0 bridgehead atoms. The molecule has 144 valence electrons. The van der Waals surface area contributed by atoms with Crippen LogP contribution in [0.5, 0.6) is 11.5 Å². The van der Waals surface area contributed by atoms with Crippen molar-refractivity contribution < 1.29 is 29.0 Å². The minimum Gasteiger partial charge on any atom is -0.496 e. The van der Waals surface area contributed by atoms with Crippen molar-refractivity contribution >= 4 is 27.7 Å². The Hall–Kier alpha value is -2.06. The second-order valence-electron chi connectivity index (χ2n) is 5.92. The van der Waals surface area contributed by atoms with Crippen molar-refractivity contribution in [3.63, 3.8) is 0 Å². The zero-order chi connectivity index (χ0) is 20.0. The van der Waals surface area contributed by atoms with E-state index in [0.717, 1.165) is 18.4 Å². The number of nitrogens with zero attached hydrogens (tertiary/aromatic N) is 1. The van der Waals surface area contributed by atoms with Crippen molar-refractivity contribution in [3.8, 4) is 11.5 Å². The van der Waals surface area contributed by atoms with Gasteiger partial charge in [-0.05, 0) is 34.8 Å². The Kier molecular flexibility index (Phi) is 8.10. The van der Waals surface area contributed by atoms with E-state index < -0.39 is 11.8 Å². The summed E-state index contributed by atoms with van der Waals surface area (Å²) in [4.78, 5) is 25.1. The molecule has 1 N–H and O–H groups in total. The quantitative estimate of drug-likeness (QED) is 0.169. The predicted octanol–water partition coefficient (Wildman–Crippen LogP) is 3.44. The monoisotopic (exact) mass is 429 g/mol. The zero-order valence-corrected chi connectivity index (χ0v) is 17.3. The molecule has 0 saturated heterocycles. The van der Waals surface area contributed by atoms with Crippen LogP contribution >= 0.6 is 15.9 Å². The number of ether oxygens (including phenoxy) is 3. The highest BCUT2D eigenvalue weighted by Gasteiger charge is 2.27. The van der Waals surface area contributed by atoms with Crippen molar-refractivity contribution in [2.24, 2.45) is 5.92 Å². The highest BCUT2D eigenvalue weighted by molar-refractivity contribution is 9.10. The fourth-order valence-corrected chi connectivity index (χ4v) is 2.56. The number of benzene rings is 1. The van der Waals surface area contributed by atoms with Crippen LogP contribution in [0.25, 0.3) is 0 Å². The van der Waals surface area contributed by atoms with Crippen molar-refractivity contribution in [3.05, 3.63) is 33.9 Å². The van der Waals surface area contributed by atoms with Crippen molar-refractivity contribution in [2.45, 2.75) is 26.8 Å². The van der Waals surface area contributed by atoms with Crippen LogP contribution in [0, 0.1) is 5.92 Å². The van der Waals surface area contributed by atoms with Gasteiger partial charge in [-0.1, -0.05) is 13.8 Å². The third-order valence-corrected chi connectivity index (χ3v) is 4.63. The van der Waals surface area contributed by atoms with Gasteiger partial charge in [0.05, 0.1) is 37.4 Å². The molecule has 1 aromatic rings. The molecule has 0 saturated carbocycles. The van der Waals surface area contributed by atoms with Crippen LogP contribution in [-0.2, 0) is 9.53 Å². The first kappa shape index (κ1) is 22.0. The number of carbonyl (C=O) groups excluding carboxylic acids is 2. The second-order valence-corrected chi connectivity index (χ2v) is 6.77. The van der Waals surface area contributed by atoms with Crippen molar-refractivity contribution in [1.29, 1.82) is 0 Å². The molecule has 0 aliphatic rings. The fourth-order valence-electron chi connectivity index (χ4n) is 2.05. The maximum Gasteiger partial charge on any atom is 0.343 e. The Morgan fingerprint density at radius 2 is 1.69 bits per heavy atom. The molecule has 0 aromatic heterocycles. The number of rotatable bonds is 8. The summed E-state index contributed by atoms with van der Waals surface area (Å²) in [6.45, 7) is 5.58. The molecule has 1 aromatic carbocycles. The summed E-state index contributed by atoms with van der Waals surface area (Å²) >= 11 is 3.31. The molecule has 1 atom stereocenters. The smallest absolute Gasteiger partial charge is 0.343 e. The average Bonchev–Trinajstić information content (AvgIpc) is 2.63. The minimum absolute atomic E-state index is 0.0925. The zero-order valence-electron chi connectivity index (χ0n) is 15.7. The second kappa shape index (κ2) is 9.59. The van der Waals surface area contributed by atoms with Crippen molar-refractivity contribution in [2.75, 3.05) is 21.3 Å². The van der Waals surface area contributed by atoms with Crippen LogP contribution in [0.2, 0.25) is 0 Å². The molecule has 0 spiro atoms. The van der Waals surface area contributed by atoms with Crippen molar-refractivity contribution in [1.82, 2.24) is 5.06 Å². The standard InChI is InChI=1S/C18H24BrNO6/c1-10(2)11(3)20(23)9-13(18(22)26-6)17(21)12-7-14(19)16(25-5)8-15(12)24-4/h7-11,23H,1-6H3. The SMILES string of the molecule is COC(=O)C(=CN(O)C(C)C(C)C)C(=O)c1cc(Br)c(OC)cc1OC. The molecule has 26 heavy (non-hydrogen) atoms. The lowest BCUT2D eigenvalue weighted by Gasteiger charge is -2.24. The van der Waals surface area contributed by atoms with E-state index in [0.29, 0.717) is 10.2 Å². The van der Waals surface area contributed by atoms with E-state index in [-0.39, 0.29) is 28.8 Å². The van der Waals surface area contributed by atoms with E-state index in [4.69, 9.17) is 14.2 Å². The molecule has 7 nitrogen and oxygen atoms in total. The van der Waals surface area contributed by atoms with Crippen LogP contribution in [-0.4, -0.2) is 49.4 Å². The molecule has 8 heteroatoms. The maximum absolute atomic E-state index is 13.0. The topological polar surface area (TPSA) is 85.3 Å². The number of ketones is 1. The number of Topliss-reactive ketones (excluding diaryl/α,β-unsaturated/α-hetero) is 1. The van der Waals surface area contributed by atoms with Gasteiger partial charge >= 0.3 is 5.97 Å². The third-order valence-electron chi connectivity index (χ3n) is 4.01. The molecule has 0 amide bonds. The molecular formula is C18H24BrNO6. The number of hydroxylamine groups is 2. The van der Waals surface area contributed by atoms with E-state index in [9.17, 15) is 14.8 Å². The predicted molar refractivity (Wildman–Crippen MR) is 99.6 cm³/mol. The molecule has 1 unspecified atom stereocenters. The lowest BCUT2D eigenvalue weighted by Crippen LogP contribution is -2.31. The van der Waals surface area contributed by atoms with Gasteiger partial charge in [-0.25, -0.2) is 4.79 Å². The summed E-state index contributed by atoms with van der Waals surface area (Å²) in [5.41, 5.74) is -0.194. The lowest BCUT2D eigenvalue weighted by molar-refractivity contribution is -0.136. The molecule has 0 heterocycles. The highest BCUT2D eigenvalue weighted by Crippen LogP contribution is 2.34. The van der Waals surface area contributed by atoms with Crippen LogP contribution in [0.3, 0.4) is 0 Å². The summed E-state index contributed by atoms with van der Waals surface area (Å²) in [6.07, 6.45) is 1.08. The van der Waals surface area contributed by atoms with Gasteiger partial charge in [0.25, 0.3) is 0 Å². The van der Waals surface area contributed by atoms with Crippen LogP contribution in [0.4, 0.5) is 0 Å². The first-order valence-corrected chi connectivity index (χ1v) is 8.70. The Balaban J connectivity index is 3.43. The van der Waals surface area contributed by atoms with Gasteiger partial charge in [0, 0.05) is 12.3 Å². The van der Waals surface area contributed by atoms with E-state index in [1.807, 2.05) is 13.8 Å². The van der Waals surface area contributed by atoms with Gasteiger partial charge in [0.2, 0.25) is 5.78 Å². The van der Waals surface area contributed by atoms with Gasteiger partial charge in [-0.3, -0.25) is 15.1 Å². The Morgan fingerprint density at radius 3 is 2.15 bits per heavy atom. The highest BCUT2D eigenvalue weighted by atomic mass is 79.9.